The van der Waals surface area contributed by atoms with Crippen LogP contribution in [0.25, 0.3) is 0 Å². The molecule has 3 fully saturated rings. The van der Waals surface area contributed by atoms with E-state index in [1.165, 1.54) is 42.5 Å². The van der Waals surface area contributed by atoms with E-state index >= 15 is 0 Å². The summed E-state index contributed by atoms with van der Waals surface area (Å²) in [5.41, 5.74) is 4.87. The fraction of sp³-hybridized carbons (Fsp3) is 0.500. The molecule has 2 aliphatic carbocycles. The minimum atomic E-state index is -0.0640. The van der Waals surface area contributed by atoms with Crippen LogP contribution >= 0.6 is 0 Å². The number of amides is 1. The number of rotatable bonds is 6. The van der Waals surface area contributed by atoms with Crippen molar-refractivity contribution in [3.8, 4) is 0 Å². The monoisotopic (exact) mass is 375 g/mol. The predicted molar refractivity (Wildman–Crippen MR) is 111 cm³/mol. The fourth-order valence-corrected chi connectivity index (χ4v) is 4.50. The van der Waals surface area contributed by atoms with E-state index in [2.05, 4.69) is 45.5 Å². The Morgan fingerprint density at radius 3 is 2.54 bits per heavy atom. The van der Waals surface area contributed by atoms with Gasteiger partial charge in [0.05, 0.1) is 11.7 Å². The molecule has 4 heteroatoms. The van der Waals surface area contributed by atoms with Gasteiger partial charge >= 0.3 is 0 Å². The largest absolute Gasteiger partial charge is 0.325 e. The van der Waals surface area contributed by atoms with E-state index < -0.39 is 0 Å². The van der Waals surface area contributed by atoms with Gasteiger partial charge in [0, 0.05) is 18.4 Å². The summed E-state index contributed by atoms with van der Waals surface area (Å²) >= 11 is 0. The van der Waals surface area contributed by atoms with Crippen LogP contribution in [0.1, 0.15) is 73.6 Å². The summed E-state index contributed by atoms with van der Waals surface area (Å²) in [6.45, 7) is 1.75. The first-order chi connectivity index (χ1) is 13.8. The van der Waals surface area contributed by atoms with Crippen molar-refractivity contribution < 1.29 is 4.79 Å². The standard InChI is InChI=1S/C24H29N3O/c28-24(26-20-12-10-18(11-13-20)17-6-7-17)23-5-1-2-15-27(23)16-22-21(19-8-9-19)4-3-14-25-22/h3-4,10-14,17,19,23H,1-2,5-9,15-16H2,(H,26,28). The van der Waals surface area contributed by atoms with Gasteiger partial charge in [0.25, 0.3) is 0 Å². The number of nitrogens with zero attached hydrogens (tertiary/aromatic N) is 2. The van der Waals surface area contributed by atoms with Gasteiger partial charge in [0.15, 0.2) is 0 Å². The lowest BCUT2D eigenvalue weighted by molar-refractivity contribution is -0.122. The van der Waals surface area contributed by atoms with E-state index in [1.807, 2.05) is 12.3 Å². The second kappa shape index (κ2) is 7.67. The first-order valence-corrected chi connectivity index (χ1v) is 10.9. The molecule has 146 valence electrons. The number of piperidine rings is 1. The molecule has 0 bridgehead atoms. The molecule has 1 atom stereocenters. The molecular weight excluding hydrogens is 346 g/mol. The van der Waals surface area contributed by atoms with Crippen LogP contribution in [-0.4, -0.2) is 28.4 Å². The van der Waals surface area contributed by atoms with E-state index in [0.717, 1.165) is 44.0 Å². The summed E-state index contributed by atoms with van der Waals surface area (Å²) in [6, 6.07) is 12.7. The van der Waals surface area contributed by atoms with Gasteiger partial charge in [-0.05, 0) is 86.2 Å². The van der Waals surface area contributed by atoms with Crippen LogP contribution in [-0.2, 0) is 11.3 Å². The molecule has 1 saturated heterocycles. The van der Waals surface area contributed by atoms with Gasteiger partial charge in [-0.15, -0.1) is 0 Å². The Hall–Kier alpha value is -2.20. The van der Waals surface area contributed by atoms with Crippen molar-refractivity contribution in [3.63, 3.8) is 0 Å². The molecule has 5 rings (SSSR count). The Kier molecular flexibility index (Phi) is 4.89. The van der Waals surface area contributed by atoms with Crippen molar-refractivity contribution in [3.05, 3.63) is 59.4 Å². The zero-order chi connectivity index (χ0) is 18.9. The highest BCUT2D eigenvalue weighted by Crippen LogP contribution is 2.42. The highest BCUT2D eigenvalue weighted by Gasteiger charge is 2.32. The van der Waals surface area contributed by atoms with E-state index in [4.69, 9.17) is 0 Å². The van der Waals surface area contributed by atoms with Gasteiger partial charge in [0.2, 0.25) is 5.91 Å². The number of likely N-dealkylation sites (tertiary alicyclic amines) is 1. The topological polar surface area (TPSA) is 45.2 Å². The van der Waals surface area contributed by atoms with Crippen LogP contribution in [0.2, 0.25) is 0 Å². The summed E-state index contributed by atoms with van der Waals surface area (Å²) in [7, 11) is 0. The molecule has 0 radical (unpaired) electrons. The minimum Gasteiger partial charge on any atom is -0.325 e. The van der Waals surface area contributed by atoms with Crippen molar-refractivity contribution in [2.45, 2.75) is 69.4 Å². The first-order valence-electron chi connectivity index (χ1n) is 10.9. The molecule has 1 unspecified atom stereocenters. The predicted octanol–water partition coefficient (Wildman–Crippen LogP) is 4.83. The lowest BCUT2D eigenvalue weighted by Gasteiger charge is -2.34. The molecule has 1 amide bonds. The number of hydrogen-bond acceptors (Lipinski definition) is 3. The summed E-state index contributed by atoms with van der Waals surface area (Å²) in [6.07, 6.45) is 10.3. The second-order valence-corrected chi connectivity index (χ2v) is 8.68. The summed E-state index contributed by atoms with van der Waals surface area (Å²) in [5.74, 6) is 1.56. The molecule has 1 aromatic heterocycles. The first kappa shape index (κ1) is 17.9. The third kappa shape index (κ3) is 3.97. The maximum Gasteiger partial charge on any atom is 0.241 e. The number of carbonyl (C=O) groups excluding carboxylic acids is 1. The molecule has 2 heterocycles. The minimum absolute atomic E-state index is 0.0640. The highest BCUT2D eigenvalue weighted by molar-refractivity contribution is 5.94. The van der Waals surface area contributed by atoms with Crippen molar-refractivity contribution in [1.29, 1.82) is 0 Å². The highest BCUT2D eigenvalue weighted by atomic mass is 16.2. The summed E-state index contributed by atoms with van der Waals surface area (Å²) < 4.78 is 0. The fourth-order valence-electron chi connectivity index (χ4n) is 4.50. The summed E-state index contributed by atoms with van der Waals surface area (Å²) in [5, 5.41) is 3.16. The van der Waals surface area contributed by atoms with Gasteiger partial charge in [0.1, 0.15) is 0 Å². The number of nitrogens with one attached hydrogen (secondary N) is 1. The van der Waals surface area contributed by atoms with Crippen molar-refractivity contribution in [2.24, 2.45) is 0 Å². The van der Waals surface area contributed by atoms with Gasteiger partial charge in [-0.25, -0.2) is 0 Å². The van der Waals surface area contributed by atoms with Gasteiger partial charge < -0.3 is 5.32 Å². The third-order valence-corrected chi connectivity index (χ3v) is 6.44. The average molecular weight is 376 g/mol. The normalized spacial score (nSPS) is 22.8. The van der Waals surface area contributed by atoms with Crippen LogP contribution in [0, 0.1) is 0 Å². The molecule has 2 aromatic rings. The SMILES string of the molecule is O=C(Nc1ccc(C2CC2)cc1)C1CCCCN1Cc1ncccc1C1CC1. The zero-order valence-corrected chi connectivity index (χ0v) is 16.4. The van der Waals surface area contributed by atoms with E-state index in [9.17, 15) is 4.79 Å². The van der Waals surface area contributed by atoms with Crippen molar-refractivity contribution >= 4 is 11.6 Å². The Morgan fingerprint density at radius 1 is 1.00 bits per heavy atom. The Labute approximate surface area is 167 Å². The van der Waals surface area contributed by atoms with Crippen LogP contribution < -0.4 is 5.32 Å². The molecule has 0 spiro atoms. The Morgan fingerprint density at radius 2 is 1.79 bits per heavy atom. The maximum absolute atomic E-state index is 13.1. The van der Waals surface area contributed by atoms with E-state index in [1.54, 1.807) is 0 Å². The molecule has 1 aliphatic heterocycles. The molecule has 4 nitrogen and oxygen atoms in total. The lowest BCUT2D eigenvalue weighted by atomic mass is 9.99. The number of carbonyl (C=O) groups is 1. The lowest BCUT2D eigenvalue weighted by Crippen LogP contribution is -2.46. The third-order valence-electron chi connectivity index (χ3n) is 6.44. The number of hydrogen-bond donors (Lipinski definition) is 1. The number of benzene rings is 1. The molecule has 28 heavy (non-hydrogen) atoms. The van der Waals surface area contributed by atoms with Crippen LogP contribution in [0.3, 0.4) is 0 Å². The molecule has 1 aromatic carbocycles. The van der Waals surface area contributed by atoms with E-state index in [-0.39, 0.29) is 11.9 Å². The Bertz CT molecular complexity index is 839. The second-order valence-electron chi connectivity index (χ2n) is 8.68. The average Bonchev–Trinajstić information content (AvgIpc) is 3.63. The Balaban J connectivity index is 1.27. The summed E-state index contributed by atoms with van der Waals surface area (Å²) in [4.78, 5) is 20.1. The van der Waals surface area contributed by atoms with Gasteiger partial charge in [-0.3, -0.25) is 14.7 Å². The van der Waals surface area contributed by atoms with Crippen LogP contribution in [0.4, 0.5) is 5.69 Å². The molecule has 3 aliphatic rings. The molecule has 1 N–H and O–H groups in total. The van der Waals surface area contributed by atoms with E-state index in [0.29, 0.717) is 5.92 Å². The number of anilines is 1. The molecular formula is C24H29N3O. The van der Waals surface area contributed by atoms with Gasteiger partial charge in [-0.2, -0.15) is 0 Å². The quantitative estimate of drug-likeness (QED) is 0.786. The smallest absolute Gasteiger partial charge is 0.241 e. The number of aromatic nitrogens is 1. The zero-order valence-electron chi connectivity index (χ0n) is 16.4. The van der Waals surface area contributed by atoms with Crippen LogP contribution in [0.5, 0.6) is 0 Å². The van der Waals surface area contributed by atoms with Crippen molar-refractivity contribution in [2.75, 3.05) is 11.9 Å². The van der Waals surface area contributed by atoms with Crippen molar-refractivity contribution in [1.82, 2.24) is 9.88 Å². The number of pyridine rings is 1. The molecule has 2 saturated carbocycles. The van der Waals surface area contributed by atoms with Crippen LogP contribution in [0.15, 0.2) is 42.6 Å². The maximum atomic E-state index is 13.1. The van der Waals surface area contributed by atoms with Gasteiger partial charge in [-0.1, -0.05) is 24.6 Å².